The monoisotopic (exact) mass is 257 g/mol. The molecule has 1 heterocycles. The van der Waals surface area contributed by atoms with E-state index < -0.39 is 0 Å². The molecule has 0 unspecified atom stereocenters. The van der Waals surface area contributed by atoms with Gasteiger partial charge in [-0.2, -0.15) is 0 Å². The highest BCUT2D eigenvalue weighted by Gasteiger charge is 2.09. The molecular formula is C16H16ClN. The number of aryl methyl sites for hydroxylation is 1. The van der Waals surface area contributed by atoms with Gasteiger partial charge in [0, 0.05) is 33.4 Å². The third-order valence-corrected chi connectivity index (χ3v) is 3.70. The lowest BCUT2D eigenvalue weighted by atomic mass is 10.2. The lowest BCUT2D eigenvalue weighted by Crippen LogP contribution is -1.96. The van der Waals surface area contributed by atoms with Crippen LogP contribution in [0.15, 0.2) is 42.5 Å². The topological polar surface area (TPSA) is 4.93 Å². The Morgan fingerprint density at radius 1 is 1.00 bits per heavy atom. The Labute approximate surface area is 112 Å². The first-order chi connectivity index (χ1) is 8.81. The maximum absolute atomic E-state index is 6.12. The van der Waals surface area contributed by atoms with Gasteiger partial charge in [-0.15, -0.1) is 0 Å². The highest BCUT2D eigenvalue weighted by molar-refractivity contribution is 6.31. The van der Waals surface area contributed by atoms with Crippen LogP contribution in [0.3, 0.4) is 0 Å². The molecule has 2 aromatic carbocycles. The summed E-state index contributed by atoms with van der Waals surface area (Å²) < 4.78 is 2.41. The van der Waals surface area contributed by atoms with E-state index in [1.165, 1.54) is 34.6 Å². The lowest BCUT2D eigenvalue weighted by Gasteiger charge is -2.05. The Hall–Kier alpha value is -1.47. The lowest BCUT2D eigenvalue weighted by molar-refractivity contribution is 0.665. The molecule has 0 aliphatic heterocycles. The van der Waals surface area contributed by atoms with Crippen molar-refractivity contribution in [1.29, 1.82) is 0 Å². The fraction of sp³-hybridized carbons (Fsp3) is 0.250. The molecule has 1 aromatic heterocycles. The third kappa shape index (κ3) is 1.79. The Balaban J connectivity index is 2.34. The smallest absolute Gasteiger partial charge is 0.0492 e. The molecule has 0 bridgehead atoms. The second-order valence-corrected chi connectivity index (χ2v) is 5.12. The van der Waals surface area contributed by atoms with Crippen molar-refractivity contribution in [1.82, 2.24) is 4.57 Å². The first-order valence-corrected chi connectivity index (χ1v) is 6.85. The van der Waals surface area contributed by atoms with Crippen molar-refractivity contribution < 1.29 is 0 Å². The molecule has 0 N–H and O–H groups in total. The fourth-order valence-electron chi connectivity index (χ4n) is 2.58. The molecule has 3 aromatic rings. The van der Waals surface area contributed by atoms with Crippen LogP contribution in [-0.2, 0) is 6.54 Å². The SMILES string of the molecule is CCCCn1c2ccccc2c2cc(Cl)ccc21. The molecule has 0 atom stereocenters. The molecule has 0 amide bonds. The van der Waals surface area contributed by atoms with Crippen LogP contribution in [-0.4, -0.2) is 4.57 Å². The summed E-state index contributed by atoms with van der Waals surface area (Å²) in [7, 11) is 0. The molecule has 2 heteroatoms. The average Bonchev–Trinajstić information content (AvgIpc) is 2.70. The highest BCUT2D eigenvalue weighted by atomic mass is 35.5. The number of fused-ring (bicyclic) bond motifs is 3. The number of benzene rings is 2. The van der Waals surface area contributed by atoms with E-state index in [1.807, 2.05) is 6.07 Å². The molecule has 0 radical (unpaired) electrons. The van der Waals surface area contributed by atoms with Crippen molar-refractivity contribution in [3.05, 3.63) is 47.5 Å². The largest absolute Gasteiger partial charge is 0.340 e. The van der Waals surface area contributed by atoms with E-state index in [0.717, 1.165) is 11.6 Å². The summed E-state index contributed by atoms with van der Waals surface area (Å²) in [5, 5.41) is 3.36. The van der Waals surface area contributed by atoms with Crippen LogP contribution >= 0.6 is 11.6 Å². The van der Waals surface area contributed by atoms with E-state index in [2.05, 4.69) is 47.9 Å². The fourth-order valence-corrected chi connectivity index (χ4v) is 2.76. The summed E-state index contributed by atoms with van der Waals surface area (Å²) >= 11 is 6.12. The quantitative estimate of drug-likeness (QED) is 0.604. The van der Waals surface area contributed by atoms with Crippen LogP contribution < -0.4 is 0 Å². The van der Waals surface area contributed by atoms with Gasteiger partial charge >= 0.3 is 0 Å². The first-order valence-electron chi connectivity index (χ1n) is 6.47. The van der Waals surface area contributed by atoms with E-state index in [4.69, 9.17) is 11.6 Å². The zero-order chi connectivity index (χ0) is 12.5. The van der Waals surface area contributed by atoms with E-state index in [-0.39, 0.29) is 0 Å². The van der Waals surface area contributed by atoms with E-state index in [0.29, 0.717) is 0 Å². The van der Waals surface area contributed by atoms with Crippen molar-refractivity contribution in [2.24, 2.45) is 0 Å². The summed E-state index contributed by atoms with van der Waals surface area (Å²) in [5.74, 6) is 0. The van der Waals surface area contributed by atoms with Gasteiger partial charge in [-0.05, 0) is 30.7 Å². The summed E-state index contributed by atoms with van der Waals surface area (Å²) in [5.41, 5.74) is 2.59. The summed E-state index contributed by atoms with van der Waals surface area (Å²) in [6.07, 6.45) is 2.41. The van der Waals surface area contributed by atoms with Crippen LogP contribution in [0.5, 0.6) is 0 Å². The van der Waals surface area contributed by atoms with Gasteiger partial charge in [0.15, 0.2) is 0 Å². The molecule has 0 aliphatic carbocycles. The van der Waals surface area contributed by atoms with Crippen LogP contribution in [0.2, 0.25) is 5.02 Å². The van der Waals surface area contributed by atoms with Crippen LogP contribution in [0, 0.1) is 0 Å². The summed E-state index contributed by atoms with van der Waals surface area (Å²) in [6, 6.07) is 14.7. The number of nitrogens with zero attached hydrogens (tertiary/aromatic N) is 1. The average molecular weight is 258 g/mol. The second-order valence-electron chi connectivity index (χ2n) is 4.68. The minimum Gasteiger partial charge on any atom is -0.340 e. The van der Waals surface area contributed by atoms with Gasteiger partial charge in [-0.3, -0.25) is 0 Å². The van der Waals surface area contributed by atoms with E-state index in [9.17, 15) is 0 Å². The minimum absolute atomic E-state index is 0.806. The predicted molar refractivity (Wildman–Crippen MR) is 79.4 cm³/mol. The van der Waals surface area contributed by atoms with E-state index >= 15 is 0 Å². The normalized spacial score (nSPS) is 11.4. The molecule has 18 heavy (non-hydrogen) atoms. The van der Waals surface area contributed by atoms with Crippen molar-refractivity contribution in [3.63, 3.8) is 0 Å². The van der Waals surface area contributed by atoms with Crippen molar-refractivity contribution in [2.75, 3.05) is 0 Å². The molecule has 92 valence electrons. The van der Waals surface area contributed by atoms with Gasteiger partial charge in [-0.25, -0.2) is 0 Å². The second kappa shape index (κ2) is 4.66. The number of aromatic nitrogens is 1. The van der Waals surface area contributed by atoms with Crippen molar-refractivity contribution >= 4 is 33.4 Å². The molecular weight excluding hydrogens is 242 g/mol. The summed E-state index contributed by atoms with van der Waals surface area (Å²) in [4.78, 5) is 0. The maximum Gasteiger partial charge on any atom is 0.0492 e. The Morgan fingerprint density at radius 3 is 2.61 bits per heavy atom. The summed E-state index contributed by atoms with van der Waals surface area (Å²) in [6.45, 7) is 3.30. The first kappa shape index (κ1) is 11.6. The molecule has 1 nitrogen and oxygen atoms in total. The zero-order valence-corrected chi connectivity index (χ0v) is 11.2. The standard InChI is InChI=1S/C16H16ClN/c1-2-3-10-18-15-7-5-4-6-13(15)14-11-12(17)8-9-16(14)18/h4-9,11H,2-3,10H2,1H3. The number of hydrogen-bond donors (Lipinski definition) is 0. The van der Waals surface area contributed by atoms with Crippen LogP contribution in [0.25, 0.3) is 21.8 Å². The number of halogens is 1. The number of unbranched alkanes of at least 4 members (excludes halogenated alkanes) is 1. The maximum atomic E-state index is 6.12. The Kier molecular flexibility index (Phi) is 3.00. The molecule has 0 saturated heterocycles. The van der Waals surface area contributed by atoms with Crippen LogP contribution in [0.1, 0.15) is 19.8 Å². The Bertz CT molecular complexity index is 697. The number of hydrogen-bond acceptors (Lipinski definition) is 0. The van der Waals surface area contributed by atoms with E-state index in [1.54, 1.807) is 0 Å². The van der Waals surface area contributed by atoms with Gasteiger partial charge in [-0.1, -0.05) is 43.1 Å². The van der Waals surface area contributed by atoms with Crippen molar-refractivity contribution in [3.8, 4) is 0 Å². The molecule has 0 aliphatic rings. The van der Waals surface area contributed by atoms with Gasteiger partial charge in [0.1, 0.15) is 0 Å². The number of para-hydroxylation sites is 1. The molecule has 0 spiro atoms. The molecule has 3 rings (SSSR count). The van der Waals surface area contributed by atoms with Crippen LogP contribution in [0.4, 0.5) is 0 Å². The van der Waals surface area contributed by atoms with Gasteiger partial charge in [0.2, 0.25) is 0 Å². The van der Waals surface area contributed by atoms with Crippen molar-refractivity contribution in [2.45, 2.75) is 26.3 Å². The predicted octanol–water partition coefficient (Wildman–Crippen LogP) is 5.25. The highest BCUT2D eigenvalue weighted by Crippen LogP contribution is 2.31. The zero-order valence-electron chi connectivity index (χ0n) is 10.5. The molecule has 0 saturated carbocycles. The third-order valence-electron chi connectivity index (χ3n) is 3.47. The van der Waals surface area contributed by atoms with Gasteiger partial charge < -0.3 is 4.57 Å². The van der Waals surface area contributed by atoms with Gasteiger partial charge in [0.25, 0.3) is 0 Å². The molecule has 0 fully saturated rings. The number of rotatable bonds is 3. The van der Waals surface area contributed by atoms with Gasteiger partial charge in [0.05, 0.1) is 0 Å². The Morgan fingerprint density at radius 2 is 1.78 bits per heavy atom. The minimum atomic E-state index is 0.806.